The molecule has 3 aliphatic rings. The molecule has 1 amide bonds. The molecule has 0 aliphatic carbocycles. The summed E-state index contributed by atoms with van der Waals surface area (Å²) in [5.41, 5.74) is 3.72. The molecule has 5 rings (SSSR count). The summed E-state index contributed by atoms with van der Waals surface area (Å²) in [7, 11) is -0.957. The molecule has 1 unspecified atom stereocenters. The fraction of sp³-hybridized carbons (Fsp3) is 0.346. The first kappa shape index (κ1) is 22.8. The lowest BCUT2D eigenvalue weighted by atomic mass is 9.91. The molecule has 1 fully saturated rings. The third kappa shape index (κ3) is 4.16. The van der Waals surface area contributed by atoms with Crippen LogP contribution in [0.25, 0.3) is 11.1 Å². The normalized spacial score (nSPS) is 24.7. The van der Waals surface area contributed by atoms with Gasteiger partial charge in [0.05, 0.1) is 17.1 Å². The highest BCUT2D eigenvalue weighted by Gasteiger charge is 2.38. The fourth-order valence-corrected chi connectivity index (χ4v) is 6.74. The highest BCUT2D eigenvalue weighted by Crippen LogP contribution is 2.44. The van der Waals surface area contributed by atoms with Gasteiger partial charge in [0.15, 0.2) is 9.84 Å². The Morgan fingerprint density at radius 1 is 1.18 bits per heavy atom. The Hall–Kier alpha value is -2.97. The first-order valence-corrected chi connectivity index (χ1v) is 13.1. The molecule has 0 bridgehead atoms. The van der Waals surface area contributed by atoms with Crippen LogP contribution in [0.3, 0.4) is 0 Å². The Morgan fingerprint density at radius 2 is 1.91 bits per heavy atom. The molecule has 3 heterocycles. The van der Waals surface area contributed by atoms with Crippen molar-refractivity contribution >= 4 is 32.6 Å². The second-order valence-electron chi connectivity index (χ2n) is 9.72. The number of rotatable bonds is 4. The van der Waals surface area contributed by atoms with Gasteiger partial charge < -0.3 is 10.1 Å². The maximum Gasteiger partial charge on any atom is 0.260 e. The molecule has 34 heavy (non-hydrogen) atoms. The van der Waals surface area contributed by atoms with Gasteiger partial charge in [-0.05, 0) is 62.7 Å². The highest BCUT2D eigenvalue weighted by molar-refractivity contribution is 7.91. The highest BCUT2D eigenvalue weighted by atomic mass is 32.2. The average molecular weight is 483 g/mol. The van der Waals surface area contributed by atoms with Crippen LogP contribution in [0, 0.1) is 5.82 Å². The van der Waals surface area contributed by atoms with E-state index in [9.17, 15) is 17.6 Å². The molecule has 178 valence electrons. The maximum atomic E-state index is 13.9. The predicted octanol–water partition coefficient (Wildman–Crippen LogP) is 4.00. The van der Waals surface area contributed by atoms with E-state index >= 15 is 0 Å². The standard InChI is InChI=1S/C26H27FN2O4S/c1-26(2)21(13-23(33-26)24-20-12-18(27)8-9-22(20)28-25(24)30)17-6-4-16(5-7-17)14-29(3)19-10-11-34(31,32)15-19/h4-9,12-13,19H,10-11,14-15H2,1-3H3,(H,28,30). The number of benzene rings is 2. The Morgan fingerprint density at radius 3 is 2.59 bits per heavy atom. The number of anilines is 1. The van der Waals surface area contributed by atoms with Crippen LogP contribution in [-0.2, 0) is 25.9 Å². The summed E-state index contributed by atoms with van der Waals surface area (Å²) in [5, 5.41) is 2.77. The number of fused-ring (bicyclic) bond motifs is 1. The lowest BCUT2D eigenvalue weighted by molar-refractivity contribution is -0.111. The molecule has 0 spiro atoms. The number of allylic oxidation sites excluding steroid dienone is 1. The largest absolute Gasteiger partial charge is 0.482 e. The summed E-state index contributed by atoms with van der Waals surface area (Å²) in [6.07, 6.45) is 2.53. The molecule has 1 atom stereocenters. The van der Waals surface area contributed by atoms with Crippen molar-refractivity contribution in [2.24, 2.45) is 0 Å². The SMILES string of the molecule is CN(Cc1ccc(C2=CC(=C3C(=O)Nc4ccc(F)cc43)OC2(C)C)cc1)C1CCS(=O)(=O)C1. The van der Waals surface area contributed by atoms with Gasteiger partial charge in [0.25, 0.3) is 5.91 Å². The quantitative estimate of drug-likeness (QED) is 0.667. The lowest BCUT2D eigenvalue weighted by Gasteiger charge is -2.25. The van der Waals surface area contributed by atoms with Crippen LogP contribution in [0.4, 0.5) is 10.1 Å². The molecule has 8 heteroatoms. The summed E-state index contributed by atoms with van der Waals surface area (Å²) in [6, 6.07) is 12.4. The van der Waals surface area contributed by atoms with Crippen molar-refractivity contribution in [2.45, 2.75) is 38.5 Å². The Labute approximate surface area is 199 Å². The Bertz CT molecular complexity index is 1340. The van der Waals surface area contributed by atoms with Crippen LogP contribution in [0.2, 0.25) is 0 Å². The van der Waals surface area contributed by atoms with E-state index in [0.29, 0.717) is 35.5 Å². The summed E-state index contributed by atoms with van der Waals surface area (Å²) in [6.45, 7) is 4.54. The number of nitrogens with zero attached hydrogens (tertiary/aromatic N) is 1. The zero-order valence-electron chi connectivity index (χ0n) is 19.4. The van der Waals surface area contributed by atoms with E-state index in [1.165, 1.54) is 12.1 Å². The number of carbonyl (C=O) groups is 1. The molecule has 0 aromatic heterocycles. The predicted molar refractivity (Wildman–Crippen MR) is 130 cm³/mol. The topological polar surface area (TPSA) is 75.7 Å². The molecule has 3 aliphatic heterocycles. The zero-order chi connectivity index (χ0) is 24.3. The van der Waals surface area contributed by atoms with Crippen LogP contribution in [0.5, 0.6) is 0 Å². The van der Waals surface area contributed by atoms with Gasteiger partial charge in [-0.3, -0.25) is 9.69 Å². The number of amides is 1. The molecule has 1 N–H and O–H groups in total. The average Bonchev–Trinajstić information content (AvgIpc) is 3.39. The molecule has 6 nitrogen and oxygen atoms in total. The second kappa shape index (κ2) is 8.06. The smallest absolute Gasteiger partial charge is 0.260 e. The first-order valence-electron chi connectivity index (χ1n) is 11.3. The van der Waals surface area contributed by atoms with E-state index in [2.05, 4.69) is 10.2 Å². The van der Waals surface area contributed by atoms with Crippen molar-refractivity contribution in [1.82, 2.24) is 4.90 Å². The van der Waals surface area contributed by atoms with Crippen molar-refractivity contribution in [3.8, 4) is 0 Å². The molecular formula is C26H27FN2O4S. The summed E-state index contributed by atoms with van der Waals surface area (Å²) >= 11 is 0. The summed E-state index contributed by atoms with van der Waals surface area (Å²) in [4.78, 5) is 14.7. The number of carbonyl (C=O) groups excluding carboxylic acids is 1. The molecule has 0 saturated carbocycles. The second-order valence-corrected chi connectivity index (χ2v) is 12.0. The van der Waals surface area contributed by atoms with Crippen LogP contribution < -0.4 is 5.32 Å². The van der Waals surface area contributed by atoms with Crippen LogP contribution >= 0.6 is 0 Å². The van der Waals surface area contributed by atoms with Crippen LogP contribution in [0.15, 0.2) is 54.3 Å². The third-order valence-corrected chi connectivity index (χ3v) is 8.54. The molecule has 0 radical (unpaired) electrons. The van der Waals surface area contributed by atoms with Gasteiger partial charge in [0, 0.05) is 29.4 Å². The van der Waals surface area contributed by atoms with E-state index in [1.54, 1.807) is 6.07 Å². The third-order valence-electron chi connectivity index (χ3n) is 6.79. The number of nitrogens with one attached hydrogen (secondary N) is 1. The fourth-order valence-electron chi connectivity index (χ4n) is 4.93. The lowest BCUT2D eigenvalue weighted by Crippen LogP contribution is -2.32. The number of hydrogen-bond acceptors (Lipinski definition) is 5. The van der Waals surface area contributed by atoms with Crippen molar-refractivity contribution in [1.29, 1.82) is 0 Å². The van der Waals surface area contributed by atoms with Gasteiger partial charge in [-0.2, -0.15) is 0 Å². The van der Waals surface area contributed by atoms with Gasteiger partial charge in [-0.25, -0.2) is 12.8 Å². The van der Waals surface area contributed by atoms with Gasteiger partial charge in [0.2, 0.25) is 0 Å². The first-order chi connectivity index (χ1) is 16.0. The number of sulfone groups is 1. The van der Waals surface area contributed by atoms with Crippen LogP contribution in [0.1, 0.15) is 37.0 Å². The van der Waals surface area contributed by atoms with E-state index in [-0.39, 0.29) is 23.5 Å². The van der Waals surface area contributed by atoms with E-state index in [0.717, 1.165) is 16.7 Å². The monoisotopic (exact) mass is 482 g/mol. The minimum Gasteiger partial charge on any atom is -0.482 e. The molecular weight excluding hydrogens is 455 g/mol. The molecule has 2 aromatic rings. The Balaban J connectivity index is 1.41. The van der Waals surface area contributed by atoms with Crippen molar-refractivity contribution in [2.75, 3.05) is 23.9 Å². The zero-order valence-corrected chi connectivity index (χ0v) is 20.2. The summed E-state index contributed by atoms with van der Waals surface area (Å²) < 4.78 is 43.6. The van der Waals surface area contributed by atoms with Crippen molar-refractivity contribution < 1.29 is 22.3 Å². The Kier molecular flexibility index (Phi) is 5.41. The number of ether oxygens (including phenoxy) is 1. The van der Waals surface area contributed by atoms with Gasteiger partial charge in [-0.1, -0.05) is 24.3 Å². The van der Waals surface area contributed by atoms with Gasteiger partial charge >= 0.3 is 0 Å². The van der Waals surface area contributed by atoms with Crippen molar-refractivity contribution in [3.05, 3.63) is 76.8 Å². The summed E-state index contributed by atoms with van der Waals surface area (Å²) in [5.74, 6) is 0.185. The van der Waals surface area contributed by atoms with Gasteiger partial charge in [-0.15, -0.1) is 0 Å². The van der Waals surface area contributed by atoms with Crippen LogP contribution in [-0.4, -0.2) is 49.4 Å². The van der Waals surface area contributed by atoms with E-state index in [4.69, 9.17) is 4.74 Å². The maximum absolute atomic E-state index is 13.9. The number of hydrogen-bond donors (Lipinski definition) is 1. The minimum absolute atomic E-state index is 0.0500. The van der Waals surface area contributed by atoms with Crippen molar-refractivity contribution in [3.63, 3.8) is 0 Å². The van der Waals surface area contributed by atoms with Gasteiger partial charge in [0.1, 0.15) is 17.2 Å². The number of halogens is 1. The van der Waals surface area contributed by atoms with E-state index < -0.39 is 21.3 Å². The molecule has 2 aromatic carbocycles. The van der Waals surface area contributed by atoms with E-state index in [1.807, 2.05) is 51.2 Å². The minimum atomic E-state index is -2.92. The molecule has 1 saturated heterocycles.